The molecule has 5 aromatic rings. The van der Waals surface area contributed by atoms with Crippen molar-refractivity contribution >= 4 is 29.5 Å². The number of rotatable bonds is 14. The van der Waals surface area contributed by atoms with Crippen molar-refractivity contribution in [2.24, 2.45) is 11.8 Å². The fourth-order valence-electron chi connectivity index (χ4n) is 6.66. The summed E-state index contributed by atoms with van der Waals surface area (Å²) in [6.07, 6.45) is 5.52. The van der Waals surface area contributed by atoms with Crippen molar-refractivity contribution in [3.05, 3.63) is 173 Å². The van der Waals surface area contributed by atoms with Crippen LogP contribution < -0.4 is 4.90 Å². The Morgan fingerprint density at radius 1 is 0.754 bits per heavy atom. The maximum atomic E-state index is 13.8. The van der Waals surface area contributed by atoms with Crippen LogP contribution in [0.25, 0.3) is 0 Å². The van der Waals surface area contributed by atoms with Crippen molar-refractivity contribution in [2.75, 3.05) is 4.90 Å². The molecule has 0 saturated carbocycles. The van der Waals surface area contributed by atoms with E-state index in [4.69, 9.17) is 20.6 Å². The molecule has 0 spiro atoms. The van der Waals surface area contributed by atoms with Gasteiger partial charge in [-0.2, -0.15) is 0 Å². The highest BCUT2D eigenvalue weighted by molar-refractivity contribution is 6.03. The second-order valence-electron chi connectivity index (χ2n) is 13.5. The molecule has 6 rings (SSSR count). The van der Waals surface area contributed by atoms with Gasteiger partial charge in [-0.1, -0.05) is 103 Å². The Bertz CT molecular complexity index is 2220. The van der Waals surface area contributed by atoms with E-state index >= 15 is 0 Å². The lowest BCUT2D eigenvalue weighted by molar-refractivity contribution is -0.163. The summed E-state index contributed by atoms with van der Waals surface area (Å²) in [7, 11) is 0. The minimum absolute atomic E-state index is 0.00338. The Morgan fingerprint density at radius 3 is 1.86 bits per heavy atom. The molecule has 0 radical (unpaired) electrons. The molecule has 0 aromatic heterocycles. The molecule has 0 unspecified atom stereocenters. The van der Waals surface area contributed by atoms with Crippen LogP contribution in [0.15, 0.2) is 133 Å². The molecule has 1 saturated heterocycles. The molecule has 286 valence electrons. The predicted molar refractivity (Wildman–Crippen MR) is 212 cm³/mol. The fourth-order valence-corrected chi connectivity index (χ4v) is 6.66. The summed E-state index contributed by atoms with van der Waals surface area (Å²) < 4.78 is 30.3. The average molecular weight is 762 g/mol. The number of amides is 1. The van der Waals surface area contributed by atoms with Gasteiger partial charge in [-0.05, 0) is 83.6 Å². The fraction of sp³-hybridized carbons (Fsp3) is 0.208. The van der Waals surface area contributed by atoms with Crippen LogP contribution in [0.4, 0.5) is 10.1 Å². The minimum atomic E-state index is -1.26. The number of nitrogens with zero attached hydrogens (tertiary/aromatic N) is 1. The zero-order chi connectivity index (χ0) is 40.1. The monoisotopic (exact) mass is 761 g/mol. The molecule has 5 aromatic carbocycles. The summed E-state index contributed by atoms with van der Waals surface area (Å²) in [5.74, 6) is 4.47. The lowest BCUT2D eigenvalue weighted by Crippen LogP contribution is -2.55. The van der Waals surface area contributed by atoms with Gasteiger partial charge in [-0.15, -0.1) is 6.42 Å². The van der Waals surface area contributed by atoms with Crippen LogP contribution in [0.5, 0.6) is 0 Å². The predicted octanol–water partition coefficient (Wildman–Crippen LogP) is 8.44. The van der Waals surface area contributed by atoms with E-state index in [0.29, 0.717) is 35.2 Å². The molecule has 9 heteroatoms. The number of benzene rings is 5. The molecule has 1 aliphatic heterocycles. The number of carbonyl (C=O) groups excluding carboxylic acids is 4. The van der Waals surface area contributed by atoms with E-state index in [0.717, 1.165) is 16.7 Å². The van der Waals surface area contributed by atoms with Crippen molar-refractivity contribution < 1.29 is 37.8 Å². The highest BCUT2D eigenvalue weighted by Crippen LogP contribution is 2.46. The summed E-state index contributed by atoms with van der Waals surface area (Å²) in [6, 6.07) is 38.3. The number of hydrogen-bond donors (Lipinski definition) is 0. The summed E-state index contributed by atoms with van der Waals surface area (Å²) in [6.45, 7) is 1.32. The van der Waals surface area contributed by atoms with Gasteiger partial charge in [0.1, 0.15) is 25.1 Å². The van der Waals surface area contributed by atoms with E-state index in [1.54, 1.807) is 29.2 Å². The van der Waals surface area contributed by atoms with Crippen molar-refractivity contribution in [2.45, 2.75) is 51.5 Å². The molecular weight excluding hydrogens is 722 g/mol. The third-order valence-electron chi connectivity index (χ3n) is 9.62. The number of ether oxygens (including phenoxy) is 3. The highest BCUT2D eigenvalue weighted by Gasteiger charge is 2.48. The first-order valence-electron chi connectivity index (χ1n) is 18.5. The molecule has 57 heavy (non-hydrogen) atoms. The maximum absolute atomic E-state index is 13.8. The zero-order valence-corrected chi connectivity index (χ0v) is 31.3. The Balaban J connectivity index is 1.19. The van der Waals surface area contributed by atoms with Crippen LogP contribution in [-0.4, -0.2) is 23.8 Å². The maximum Gasteiger partial charge on any atom is 0.321 e. The van der Waals surface area contributed by atoms with Crippen LogP contribution in [-0.2, 0) is 46.6 Å². The molecule has 1 heterocycles. The largest absolute Gasteiger partial charge is 0.460 e. The van der Waals surface area contributed by atoms with E-state index in [9.17, 15) is 23.6 Å². The third kappa shape index (κ3) is 10.4. The molecule has 1 amide bonds. The van der Waals surface area contributed by atoms with E-state index in [-0.39, 0.29) is 31.6 Å². The Labute approximate surface area is 331 Å². The van der Waals surface area contributed by atoms with Crippen molar-refractivity contribution in [1.29, 1.82) is 0 Å². The first-order chi connectivity index (χ1) is 27.7. The molecule has 8 nitrogen and oxygen atoms in total. The van der Waals surface area contributed by atoms with Gasteiger partial charge < -0.3 is 19.1 Å². The average Bonchev–Trinajstić information content (AvgIpc) is 3.23. The second-order valence-corrected chi connectivity index (χ2v) is 13.5. The molecule has 1 aliphatic rings. The topological polar surface area (TPSA) is 99.2 Å². The zero-order valence-electron chi connectivity index (χ0n) is 31.3. The van der Waals surface area contributed by atoms with Crippen LogP contribution in [0.3, 0.4) is 0 Å². The number of esters is 3. The van der Waals surface area contributed by atoms with Gasteiger partial charge in [0.25, 0.3) is 0 Å². The van der Waals surface area contributed by atoms with Gasteiger partial charge >= 0.3 is 17.9 Å². The van der Waals surface area contributed by atoms with Crippen molar-refractivity contribution in [3.8, 4) is 24.2 Å². The normalized spacial score (nSPS) is 15.0. The summed E-state index contributed by atoms with van der Waals surface area (Å²) in [5, 5.41) is 0. The van der Waals surface area contributed by atoms with Gasteiger partial charge in [0, 0.05) is 30.2 Å². The number of carbonyl (C=O) groups is 4. The van der Waals surface area contributed by atoms with Crippen LogP contribution in [0, 0.1) is 41.8 Å². The number of β-lactam (4-membered cyclic amide) rings is 1. The highest BCUT2D eigenvalue weighted by atomic mass is 19.1. The van der Waals surface area contributed by atoms with Crippen LogP contribution in [0.2, 0.25) is 0 Å². The van der Waals surface area contributed by atoms with E-state index in [2.05, 4.69) is 17.8 Å². The first-order valence-corrected chi connectivity index (χ1v) is 18.5. The van der Waals surface area contributed by atoms with E-state index < -0.39 is 41.7 Å². The molecular formula is C48H40FNO7. The SMILES string of the molecule is C#Cc1ccc(N2C(=O)[C@H](CC[C@H](OC(C)=O)c3ccc(F)cc3)[C@H]2c2ccc(C#CCC(C(=O)OCc3ccccc3)C(=O)OCc3ccccc3)cc2)cc1. The lowest BCUT2D eigenvalue weighted by atomic mass is 9.78. The third-order valence-corrected chi connectivity index (χ3v) is 9.62. The molecule has 0 bridgehead atoms. The minimum Gasteiger partial charge on any atom is -0.460 e. The van der Waals surface area contributed by atoms with Gasteiger partial charge in [0.2, 0.25) is 5.91 Å². The van der Waals surface area contributed by atoms with Gasteiger partial charge in [0.05, 0.1) is 12.0 Å². The Morgan fingerprint density at radius 2 is 1.32 bits per heavy atom. The smallest absolute Gasteiger partial charge is 0.321 e. The van der Waals surface area contributed by atoms with Crippen molar-refractivity contribution in [1.82, 2.24) is 0 Å². The quantitative estimate of drug-likeness (QED) is 0.0368. The second kappa shape index (κ2) is 19.1. The van der Waals surface area contributed by atoms with E-state index in [1.807, 2.05) is 97.1 Å². The molecule has 3 atom stereocenters. The first kappa shape index (κ1) is 39.7. The number of halogens is 1. The molecule has 1 fully saturated rings. The Kier molecular flexibility index (Phi) is 13.3. The van der Waals surface area contributed by atoms with Crippen molar-refractivity contribution in [3.63, 3.8) is 0 Å². The summed E-state index contributed by atoms with van der Waals surface area (Å²) in [5.41, 5.74) is 5.05. The molecule has 0 N–H and O–H groups in total. The number of hydrogen-bond acceptors (Lipinski definition) is 7. The van der Waals surface area contributed by atoms with Gasteiger partial charge in [0.15, 0.2) is 5.92 Å². The van der Waals surface area contributed by atoms with Crippen LogP contribution in [0.1, 0.15) is 71.7 Å². The lowest BCUT2D eigenvalue weighted by Gasteiger charge is -2.48. The standard InChI is InChI=1S/C48H40FNO7/c1-3-34-19-27-41(28-20-34)50-45(42(46(50)52)29-30-44(57-33(2)51)38-23-25-40(49)26-24-38)39-21-17-35(18-22-39)15-10-16-43(47(53)55-31-36-11-6-4-7-12-36)48(54)56-32-37-13-8-5-9-14-37/h1,4-9,11-14,17-28,42-45H,16,29-32H2,2H3/t42-,44+,45-/m1/s1. The Hall–Kier alpha value is -6.97. The molecule has 0 aliphatic carbocycles. The van der Waals surface area contributed by atoms with Gasteiger partial charge in [-0.3, -0.25) is 19.2 Å². The van der Waals surface area contributed by atoms with Gasteiger partial charge in [-0.25, -0.2) is 4.39 Å². The van der Waals surface area contributed by atoms with E-state index in [1.165, 1.54) is 19.1 Å². The summed E-state index contributed by atoms with van der Waals surface area (Å²) >= 11 is 0. The number of anilines is 1. The summed E-state index contributed by atoms with van der Waals surface area (Å²) in [4.78, 5) is 53.9. The number of terminal acetylenes is 1. The van der Waals surface area contributed by atoms with Crippen LogP contribution >= 0.6 is 0 Å².